The van der Waals surface area contributed by atoms with Crippen LogP contribution in [0.5, 0.6) is 0 Å². The molecule has 1 amide bonds. The monoisotopic (exact) mass is 471 g/mol. The number of nitrogens with zero attached hydrogens (tertiary/aromatic N) is 4. The van der Waals surface area contributed by atoms with Gasteiger partial charge in [-0.3, -0.25) is 9.69 Å². The van der Waals surface area contributed by atoms with Crippen LogP contribution >= 0.6 is 35.0 Å². The fourth-order valence-electron chi connectivity index (χ4n) is 3.20. The van der Waals surface area contributed by atoms with Gasteiger partial charge in [-0.2, -0.15) is 0 Å². The van der Waals surface area contributed by atoms with Crippen molar-refractivity contribution in [3.63, 3.8) is 0 Å². The Morgan fingerprint density at radius 3 is 2.67 bits per heavy atom. The SMILES string of the molecule is CCCCn1c(SCC(=O)NCCc2ccc(Cl)cc2Cl)nnc1[C@@H](CC)N(C)C. The Morgan fingerprint density at radius 1 is 1.27 bits per heavy atom. The van der Waals surface area contributed by atoms with Crippen LogP contribution in [0.4, 0.5) is 0 Å². The lowest BCUT2D eigenvalue weighted by Crippen LogP contribution is -2.27. The Labute approximate surface area is 193 Å². The zero-order valence-corrected chi connectivity index (χ0v) is 20.4. The normalized spacial score (nSPS) is 12.4. The maximum absolute atomic E-state index is 12.3. The van der Waals surface area contributed by atoms with Crippen molar-refractivity contribution in [1.82, 2.24) is 25.0 Å². The van der Waals surface area contributed by atoms with Crippen molar-refractivity contribution >= 4 is 40.9 Å². The fourth-order valence-corrected chi connectivity index (χ4v) is 4.50. The molecule has 0 aliphatic carbocycles. The second-order valence-corrected chi connectivity index (χ2v) is 9.14. The average molecular weight is 472 g/mol. The zero-order valence-electron chi connectivity index (χ0n) is 18.1. The van der Waals surface area contributed by atoms with E-state index < -0.39 is 0 Å². The molecule has 2 rings (SSSR count). The molecule has 1 heterocycles. The van der Waals surface area contributed by atoms with Crippen molar-refractivity contribution in [2.75, 3.05) is 26.4 Å². The lowest BCUT2D eigenvalue weighted by Gasteiger charge is -2.23. The van der Waals surface area contributed by atoms with Crippen molar-refractivity contribution in [3.05, 3.63) is 39.6 Å². The van der Waals surface area contributed by atoms with Gasteiger partial charge >= 0.3 is 0 Å². The van der Waals surface area contributed by atoms with E-state index in [1.807, 2.05) is 6.07 Å². The number of rotatable bonds is 12. The van der Waals surface area contributed by atoms with Crippen LogP contribution in [0.25, 0.3) is 0 Å². The second kappa shape index (κ2) is 12.5. The summed E-state index contributed by atoms with van der Waals surface area (Å²) in [7, 11) is 4.11. The van der Waals surface area contributed by atoms with Crippen molar-refractivity contribution in [1.29, 1.82) is 0 Å². The molecule has 6 nitrogen and oxygen atoms in total. The highest BCUT2D eigenvalue weighted by Gasteiger charge is 2.22. The van der Waals surface area contributed by atoms with Crippen LogP contribution in [-0.2, 0) is 17.8 Å². The molecule has 0 radical (unpaired) electrons. The maximum atomic E-state index is 12.3. The van der Waals surface area contributed by atoms with Gasteiger partial charge in [0.25, 0.3) is 0 Å². The Kier molecular flexibility index (Phi) is 10.4. The molecule has 1 N–H and O–H groups in total. The molecule has 0 aliphatic rings. The van der Waals surface area contributed by atoms with Crippen LogP contribution in [-0.4, -0.2) is 52.0 Å². The van der Waals surface area contributed by atoms with Gasteiger partial charge in [0, 0.05) is 23.1 Å². The first-order valence-electron chi connectivity index (χ1n) is 10.3. The summed E-state index contributed by atoms with van der Waals surface area (Å²) in [4.78, 5) is 14.5. The first kappa shape index (κ1) is 25.0. The molecule has 2 aromatic rings. The minimum absolute atomic E-state index is 0.0312. The number of halogens is 2. The molecule has 1 aromatic carbocycles. The van der Waals surface area contributed by atoms with Gasteiger partial charge in [-0.05, 0) is 51.1 Å². The van der Waals surface area contributed by atoms with Gasteiger partial charge in [0.1, 0.15) is 0 Å². The third kappa shape index (κ3) is 7.15. The van der Waals surface area contributed by atoms with Crippen LogP contribution in [0.2, 0.25) is 10.0 Å². The van der Waals surface area contributed by atoms with Gasteiger partial charge in [-0.25, -0.2) is 0 Å². The number of aromatic nitrogens is 3. The van der Waals surface area contributed by atoms with Crippen molar-refractivity contribution in [3.8, 4) is 0 Å². The third-order valence-electron chi connectivity index (χ3n) is 4.85. The summed E-state index contributed by atoms with van der Waals surface area (Å²) >= 11 is 13.5. The van der Waals surface area contributed by atoms with Gasteiger partial charge in [-0.1, -0.05) is 61.3 Å². The topological polar surface area (TPSA) is 63.1 Å². The van der Waals surface area contributed by atoms with Crippen LogP contribution in [0.1, 0.15) is 50.5 Å². The smallest absolute Gasteiger partial charge is 0.230 e. The lowest BCUT2D eigenvalue weighted by atomic mass is 10.1. The summed E-state index contributed by atoms with van der Waals surface area (Å²) in [6.07, 6.45) is 3.75. The first-order valence-corrected chi connectivity index (χ1v) is 12.0. The number of thioether (sulfide) groups is 1. The highest BCUT2D eigenvalue weighted by atomic mass is 35.5. The summed E-state index contributed by atoms with van der Waals surface area (Å²) in [6, 6.07) is 5.62. The minimum atomic E-state index is -0.0312. The van der Waals surface area contributed by atoms with Gasteiger partial charge in [0.2, 0.25) is 5.91 Å². The number of carbonyl (C=O) groups excluding carboxylic acids is 1. The third-order valence-corrected chi connectivity index (χ3v) is 6.41. The standard InChI is InChI=1S/C21H31Cl2N5OS/c1-5-7-12-28-20(18(6-2)27(3)4)25-26-21(28)30-14-19(29)24-11-10-15-8-9-16(22)13-17(15)23/h8-9,13,18H,5-7,10-12,14H2,1-4H3,(H,24,29)/t18-/m1/s1. The molecule has 9 heteroatoms. The number of hydrogen-bond donors (Lipinski definition) is 1. The maximum Gasteiger partial charge on any atom is 0.230 e. The molecular formula is C21H31Cl2N5OS. The van der Waals surface area contributed by atoms with Crippen molar-refractivity contribution in [2.45, 2.75) is 57.3 Å². The molecule has 0 aliphatic heterocycles. The molecular weight excluding hydrogens is 441 g/mol. The quantitative estimate of drug-likeness (QED) is 0.448. The molecule has 0 saturated carbocycles. The lowest BCUT2D eigenvalue weighted by molar-refractivity contribution is -0.118. The molecule has 0 fully saturated rings. The van der Waals surface area contributed by atoms with E-state index in [-0.39, 0.29) is 11.9 Å². The Morgan fingerprint density at radius 2 is 2.03 bits per heavy atom. The van der Waals surface area contributed by atoms with E-state index in [0.717, 1.165) is 42.4 Å². The van der Waals surface area contributed by atoms with Crippen molar-refractivity contribution < 1.29 is 4.79 Å². The van der Waals surface area contributed by atoms with E-state index >= 15 is 0 Å². The fraction of sp³-hybridized carbons (Fsp3) is 0.571. The van der Waals surface area contributed by atoms with E-state index in [1.54, 1.807) is 12.1 Å². The molecule has 0 unspecified atom stereocenters. The van der Waals surface area contributed by atoms with Gasteiger partial charge in [0.15, 0.2) is 11.0 Å². The Balaban J connectivity index is 1.93. The second-order valence-electron chi connectivity index (χ2n) is 7.36. The summed E-state index contributed by atoms with van der Waals surface area (Å²) in [6.45, 7) is 5.70. The Hall–Kier alpha value is -1.28. The number of benzene rings is 1. The highest BCUT2D eigenvalue weighted by Crippen LogP contribution is 2.26. The Bertz CT molecular complexity index is 828. The molecule has 1 aromatic heterocycles. The highest BCUT2D eigenvalue weighted by molar-refractivity contribution is 7.99. The van der Waals surface area contributed by atoms with E-state index in [2.05, 4.69) is 52.9 Å². The van der Waals surface area contributed by atoms with Gasteiger partial charge < -0.3 is 9.88 Å². The minimum Gasteiger partial charge on any atom is -0.355 e. The van der Waals surface area contributed by atoms with E-state index in [0.29, 0.717) is 28.8 Å². The van der Waals surface area contributed by atoms with E-state index in [4.69, 9.17) is 23.2 Å². The molecule has 1 atom stereocenters. The molecule has 0 spiro atoms. The average Bonchev–Trinajstić information content (AvgIpc) is 3.09. The zero-order chi connectivity index (χ0) is 22.1. The number of hydrogen-bond acceptors (Lipinski definition) is 5. The molecule has 166 valence electrons. The molecule has 0 saturated heterocycles. The predicted octanol–water partition coefficient (Wildman–Crippen LogP) is 4.85. The number of amides is 1. The number of carbonyl (C=O) groups is 1. The number of unbranched alkanes of at least 4 members (excludes halogenated alkanes) is 1. The van der Waals surface area contributed by atoms with E-state index in [1.165, 1.54) is 11.8 Å². The largest absolute Gasteiger partial charge is 0.355 e. The van der Waals surface area contributed by atoms with Gasteiger partial charge in [-0.15, -0.1) is 10.2 Å². The molecule has 0 bridgehead atoms. The van der Waals surface area contributed by atoms with E-state index in [9.17, 15) is 4.79 Å². The van der Waals surface area contributed by atoms with Crippen LogP contribution < -0.4 is 5.32 Å². The molecule has 30 heavy (non-hydrogen) atoms. The summed E-state index contributed by atoms with van der Waals surface area (Å²) in [5.41, 5.74) is 0.965. The summed E-state index contributed by atoms with van der Waals surface area (Å²) < 4.78 is 2.17. The van der Waals surface area contributed by atoms with Crippen LogP contribution in [0.15, 0.2) is 23.4 Å². The predicted molar refractivity (Wildman–Crippen MR) is 126 cm³/mol. The number of nitrogens with one attached hydrogen (secondary N) is 1. The summed E-state index contributed by atoms with van der Waals surface area (Å²) in [5, 5.41) is 13.8. The van der Waals surface area contributed by atoms with Crippen LogP contribution in [0.3, 0.4) is 0 Å². The van der Waals surface area contributed by atoms with Crippen molar-refractivity contribution in [2.24, 2.45) is 0 Å². The van der Waals surface area contributed by atoms with Gasteiger partial charge in [0.05, 0.1) is 11.8 Å². The summed E-state index contributed by atoms with van der Waals surface area (Å²) in [5.74, 6) is 1.24. The van der Waals surface area contributed by atoms with Crippen LogP contribution in [0, 0.1) is 0 Å². The first-order chi connectivity index (χ1) is 14.4.